The number of fused-ring (bicyclic) bond motifs is 2. The molecule has 0 fully saturated rings. The van der Waals surface area contributed by atoms with Gasteiger partial charge >= 0.3 is 0 Å². The summed E-state index contributed by atoms with van der Waals surface area (Å²) in [6, 6.07) is 19.0. The Morgan fingerprint density at radius 2 is 1.95 bits per heavy atom. The van der Waals surface area contributed by atoms with Gasteiger partial charge in [0.2, 0.25) is 0 Å². The Balaban J connectivity index is 1.06. The molecule has 0 aliphatic carbocycles. The smallest absolute Gasteiger partial charge is 0.261 e. The van der Waals surface area contributed by atoms with Gasteiger partial charge in [-0.2, -0.15) is 0 Å². The molecule has 5 aromatic rings. The van der Waals surface area contributed by atoms with Crippen molar-refractivity contribution in [3.63, 3.8) is 0 Å². The first kappa shape index (κ1) is 27.2. The Bertz CT molecular complexity index is 1800. The van der Waals surface area contributed by atoms with Gasteiger partial charge in [0.15, 0.2) is 5.65 Å². The monoisotopic (exact) mass is 590 g/mol. The zero-order valence-electron chi connectivity index (χ0n) is 21.8. The molecule has 3 N–H and O–H groups in total. The van der Waals surface area contributed by atoms with Crippen molar-refractivity contribution >= 4 is 38.5 Å². The van der Waals surface area contributed by atoms with Crippen molar-refractivity contribution in [1.82, 2.24) is 24.8 Å². The van der Waals surface area contributed by atoms with Crippen molar-refractivity contribution < 1.29 is 18.3 Å². The van der Waals surface area contributed by atoms with Gasteiger partial charge in [-0.15, -0.1) is 0 Å². The second kappa shape index (κ2) is 11.5. The van der Waals surface area contributed by atoms with E-state index in [0.717, 1.165) is 23.2 Å². The van der Waals surface area contributed by atoms with E-state index in [-0.39, 0.29) is 11.0 Å². The summed E-state index contributed by atoms with van der Waals surface area (Å²) >= 11 is 6.01. The SMILES string of the molecule is O=S(=O)(Nc1ccc(-n2cnc3cncnc32)cc1)c1ccc2c(c1)CCC(CNCC(O)c1cccc(Cl)c1)O2. The molecule has 0 bridgehead atoms. The lowest BCUT2D eigenvalue weighted by Gasteiger charge is -2.27. The molecule has 2 aromatic heterocycles. The first-order chi connectivity index (χ1) is 19.9. The number of aryl methyl sites for hydroxylation is 1. The van der Waals surface area contributed by atoms with Crippen LogP contribution >= 0.6 is 11.6 Å². The molecule has 1 aliphatic heterocycles. The summed E-state index contributed by atoms with van der Waals surface area (Å²) < 4.78 is 36.9. The van der Waals surface area contributed by atoms with E-state index in [9.17, 15) is 13.5 Å². The molecule has 41 heavy (non-hydrogen) atoms. The Morgan fingerprint density at radius 1 is 1.10 bits per heavy atom. The van der Waals surface area contributed by atoms with E-state index in [4.69, 9.17) is 16.3 Å². The fraction of sp³-hybridized carbons (Fsp3) is 0.207. The van der Waals surface area contributed by atoms with Crippen LogP contribution in [0.4, 0.5) is 5.69 Å². The number of ether oxygens (including phenoxy) is 1. The van der Waals surface area contributed by atoms with Crippen LogP contribution in [-0.2, 0) is 16.4 Å². The molecule has 0 spiro atoms. The maximum absolute atomic E-state index is 13.2. The third-order valence-corrected chi connectivity index (χ3v) is 8.54. The lowest BCUT2D eigenvalue weighted by Crippen LogP contribution is -2.36. The van der Waals surface area contributed by atoms with Crippen LogP contribution in [0.2, 0.25) is 5.02 Å². The maximum atomic E-state index is 13.2. The highest BCUT2D eigenvalue weighted by molar-refractivity contribution is 7.92. The van der Waals surface area contributed by atoms with E-state index >= 15 is 0 Å². The van der Waals surface area contributed by atoms with E-state index in [1.807, 2.05) is 16.7 Å². The molecule has 10 nitrogen and oxygen atoms in total. The normalized spacial score (nSPS) is 15.7. The van der Waals surface area contributed by atoms with Crippen LogP contribution in [0.25, 0.3) is 16.9 Å². The lowest BCUT2D eigenvalue weighted by atomic mass is 10.0. The molecular formula is C29H27ClN6O4S. The van der Waals surface area contributed by atoms with Gasteiger partial charge in [-0.3, -0.25) is 9.29 Å². The standard InChI is InChI=1S/C29H27ClN6O4S/c30-21-3-1-2-19(12-21)27(37)16-31-14-24-9-4-20-13-25(10-11-28(20)40-24)41(38,39)35-22-5-7-23(8-6-22)36-18-34-26-15-32-17-33-29(26)36/h1-3,5-8,10-13,15,17-18,24,27,31,35,37H,4,9,14,16H2. The van der Waals surface area contributed by atoms with Crippen LogP contribution < -0.4 is 14.8 Å². The zero-order chi connectivity index (χ0) is 28.4. The number of halogens is 1. The number of hydrogen-bond acceptors (Lipinski definition) is 8. The summed E-state index contributed by atoms with van der Waals surface area (Å²) in [4.78, 5) is 12.7. The largest absolute Gasteiger partial charge is 0.489 e. The van der Waals surface area contributed by atoms with E-state index in [0.29, 0.717) is 47.1 Å². The minimum absolute atomic E-state index is 0.0905. The fourth-order valence-electron chi connectivity index (χ4n) is 4.80. The summed E-state index contributed by atoms with van der Waals surface area (Å²) in [5, 5.41) is 14.2. The molecule has 1 aliphatic rings. The number of nitrogens with zero attached hydrogens (tertiary/aromatic N) is 4. The average Bonchev–Trinajstić information content (AvgIpc) is 3.41. The second-order valence-corrected chi connectivity index (χ2v) is 11.9. The quantitative estimate of drug-likeness (QED) is 0.232. The summed E-state index contributed by atoms with van der Waals surface area (Å²) in [6.45, 7) is 0.917. The molecule has 0 radical (unpaired) electrons. The van der Waals surface area contributed by atoms with Crippen LogP contribution in [0.3, 0.4) is 0 Å². The Morgan fingerprint density at radius 3 is 2.78 bits per heavy atom. The number of benzene rings is 3. The maximum Gasteiger partial charge on any atom is 0.261 e. The first-order valence-electron chi connectivity index (χ1n) is 13.1. The third kappa shape index (κ3) is 6.03. The fourth-order valence-corrected chi connectivity index (χ4v) is 6.11. The third-order valence-electron chi connectivity index (χ3n) is 6.93. The van der Waals surface area contributed by atoms with Gasteiger partial charge in [-0.1, -0.05) is 23.7 Å². The van der Waals surface area contributed by atoms with Gasteiger partial charge < -0.3 is 15.2 Å². The van der Waals surface area contributed by atoms with Crippen LogP contribution in [0, 0.1) is 0 Å². The lowest BCUT2D eigenvalue weighted by molar-refractivity contribution is 0.146. The van der Waals surface area contributed by atoms with Crippen LogP contribution in [0.15, 0.2) is 90.5 Å². The molecule has 0 saturated carbocycles. The molecule has 6 rings (SSSR count). The van der Waals surface area contributed by atoms with Crippen molar-refractivity contribution in [2.24, 2.45) is 0 Å². The van der Waals surface area contributed by atoms with Gasteiger partial charge in [0.25, 0.3) is 10.0 Å². The number of hydrogen-bond donors (Lipinski definition) is 3. The highest BCUT2D eigenvalue weighted by atomic mass is 35.5. The minimum Gasteiger partial charge on any atom is -0.489 e. The molecule has 3 aromatic carbocycles. The van der Waals surface area contributed by atoms with Crippen molar-refractivity contribution in [1.29, 1.82) is 0 Å². The summed E-state index contributed by atoms with van der Waals surface area (Å²) in [6.07, 6.45) is 5.38. The number of sulfonamides is 1. The molecule has 2 atom stereocenters. The van der Waals surface area contributed by atoms with Crippen molar-refractivity contribution in [3.05, 3.63) is 102 Å². The van der Waals surface area contributed by atoms with E-state index < -0.39 is 16.1 Å². The topological polar surface area (TPSA) is 131 Å². The van der Waals surface area contributed by atoms with Crippen molar-refractivity contribution in [2.45, 2.75) is 29.9 Å². The van der Waals surface area contributed by atoms with Crippen molar-refractivity contribution in [3.8, 4) is 11.4 Å². The molecule has 3 heterocycles. The molecule has 2 unspecified atom stereocenters. The Hall–Kier alpha value is -4.03. The van der Waals surface area contributed by atoms with Crippen LogP contribution in [-0.4, -0.2) is 52.2 Å². The predicted octanol–water partition coefficient (Wildman–Crippen LogP) is 4.29. The van der Waals surface area contributed by atoms with Gasteiger partial charge in [0.1, 0.15) is 30.0 Å². The molecule has 210 valence electrons. The van der Waals surface area contributed by atoms with Gasteiger partial charge in [0.05, 0.1) is 17.2 Å². The molecule has 12 heteroatoms. The Kier molecular flexibility index (Phi) is 7.59. The van der Waals surface area contributed by atoms with Gasteiger partial charge in [0, 0.05) is 29.5 Å². The van der Waals surface area contributed by atoms with Crippen molar-refractivity contribution in [2.75, 3.05) is 17.8 Å². The van der Waals surface area contributed by atoms with E-state index in [1.54, 1.807) is 67.1 Å². The van der Waals surface area contributed by atoms with Gasteiger partial charge in [-0.25, -0.2) is 23.4 Å². The number of anilines is 1. The summed E-state index contributed by atoms with van der Waals surface area (Å²) in [7, 11) is -3.81. The van der Waals surface area contributed by atoms with E-state index in [1.165, 1.54) is 6.33 Å². The number of aliphatic hydroxyl groups is 1. The number of rotatable bonds is 9. The second-order valence-electron chi connectivity index (χ2n) is 9.78. The predicted molar refractivity (Wildman–Crippen MR) is 156 cm³/mol. The highest BCUT2D eigenvalue weighted by Gasteiger charge is 2.23. The Labute approximate surface area is 242 Å². The minimum atomic E-state index is -3.81. The number of aliphatic hydroxyl groups excluding tert-OH is 1. The van der Waals surface area contributed by atoms with Crippen LogP contribution in [0.5, 0.6) is 5.75 Å². The zero-order valence-corrected chi connectivity index (χ0v) is 23.4. The average molecular weight is 591 g/mol. The number of aromatic nitrogens is 4. The molecule has 0 saturated heterocycles. The number of nitrogens with one attached hydrogen (secondary N) is 2. The highest BCUT2D eigenvalue weighted by Crippen LogP contribution is 2.31. The molecular weight excluding hydrogens is 564 g/mol. The first-order valence-corrected chi connectivity index (χ1v) is 14.9. The van der Waals surface area contributed by atoms with E-state index in [2.05, 4.69) is 25.0 Å². The molecule has 0 amide bonds. The van der Waals surface area contributed by atoms with Gasteiger partial charge in [-0.05, 0) is 78.6 Å². The van der Waals surface area contributed by atoms with Crippen LogP contribution in [0.1, 0.15) is 23.7 Å². The summed E-state index contributed by atoms with van der Waals surface area (Å²) in [5.74, 6) is 0.665. The summed E-state index contributed by atoms with van der Waals surface area (Å²) in [5.41, 5.74) is 4.16. The number of imidazole rings is 1.